The summed E-state index contributed by atoms with van der Waals surface area (Å²) in [6, 6.07) is 13.2. The van der Waals surface area contributed by atoms with E-state index in [0.29, 0.717) is 0 Å². The highest BCUT2D eigenvalue weighted by Gasteiger charge is 2.48. The van der Waals surface area contributed by atoms with Gasteiger partial charge in [0.05, 0.1) is 16.5 Å². The van der Waals surface area contributed by atoms with Crippen LogP contribution in [0.3, 0.4) is 0 Å². The van der Waals surface area contributed by atoms with Crippen molar-refractivity contribution >= 4 is 52.0 Å². The number of Topliss-reactive ketones (excluding diaryl/α,β-unsaturated/α-hetero) is 1. The highest BCUT2D eigenvalue weighted by molar-refractivity contribution is 6.52. The molecule has 1 heterocycles. The number of carbonyl (C=O) groups excluding carboxylic acids is 2. The molecule has 33 heavy (non-hydrogen) atoms. The van der Waals surface area contributed by atoms with Crippen LogP contribution in [0.2, 0.25) is 10.0 Å². The fraction of sp³-hybridized carbons (Fsp3) is 0.0435. The van der Waals surface area contributed by atoms with E-state index in [2.05, 4.69) is 0 Å². The predicted molar refractivity (Wildman–Crippen MR) is 121 cm³/mol. The molecule has 0 aromatic heterocycles. The minimum atomic E-state index is -1.38. The number of nitro groups is 1. The van der Waals surface area contributed by atoms with E-state index in [4.69, 9.17) is 23.2 Å². The van der Waals surface area contributed by atoms with Gasteiger partial charge in [0.2, 0.25) is 0 Å². The molecule has 4 rings (SSSR count). The van der Waals surface area contributed by atoms with Crippen LogP contribution in [0.5, 0.6) is 0 Å². The number of aliphatic hydroxyl groups excluding tert-OH is 1. The van der Waals surface area contributed by atoms with E-state index >= 15 is 0 Å². The highest BCUT2D eigenvalue weighted by Crippen LogP contribution is 2.44. The second-order valence-corrected chi connectivity index (χ2v) is 8.00. The fourth-order valence-corrected chi connectivity index (χ4v) is 4.21. The Morgan fingerprint density at radius 1 is 1.00 bits per heavy atom. The SMILES string of the molecule is O=C1C(=O)N(c2cc(Cl)cc(Cl)c2)C(c2ccccc2F)/C1=C(\O)c1cccc([N+](=O)[O-])c1. The molecular formula is C23H13Cl2FN2O5. The molecule has 0 saturated carbocycles. The van der Waals surface area contributed by atoms with Crippen molar-refractivity contribution in [1.82, 2.24) is 0 Å². The van der Waals surface area contributed by atoms with Gasteiger partial charge in [-0.1, -0.05) is 53.5 Å². The molecule has 1 N–H and O–H groups in total. The summed E-state index contributed by atoms with van der Waals surface area (Å²) in [5.74, 6) is -3.55. The monoisotopic (exact) mass is 486 g/mol. The predicted octanol–water partition coefficient (Wildman–Crippen LogP) is 5.67. The maximum atomic E-state index is 14.9. The molecule has 3 aromatic carbocycles. The van der Waals surface area contributed by atoms with Gasteiger partial charge in [-0.05, 0) is 24.3 Å². The number of aliphatic hydroxyl groups is 1. The van der Waals surface area contributed by atoms with Gasteiger partial charge in [0.15, 0.2) is 0 Å². The first-order valence-corrected chi connectivity index (χ1v) is 10.2. The Bertz CT molecular complexity index is 1340. The number of non-ortho nitro benzene ring substituents is 1. The van der Waals surface area contributed by atoms with Crippen LogP contribution >= 0.6 is 23.2 Å². The van der Waals surface area contributed by atoms with Gasteiger partial charge in [-0.15, -0.1) is 0 Å². The van der Waals surface area contributed by atoms with Crippen molar-refractivity contribution in [2.45, 2.75) is 6.04 Å². The zero-order chi connectivity index (χ0) is 23.9. The Kier molecular flexibility index (Phi) is 5.88. The average molecular weight is 487 g/mol. The first kappa shape index (κ1) is 22.4. The average Bonchev–Trinajstić information content (AvgIpc) is 3.03. The van der Waals surface area contributed by atoms with Crippen molar-refractivity contribution in [3.8, 4) is 0 Å². The molecule has 10 heteroatoms. The first-order chi connectivity index (χ1) is 15.7. The molecule has 7 nitrogen and oxygen atoms in total. The van der Waals surface area contributed by atoms with Crippen molar-refractivity contribution in [1.29, 1.82) is 0 Å². The number of halogens is 3. The standard InChI is InChI=1S/C23H13Cl2FN2O5/c24-13-9-14(25)11-16(10-13)27-20(17-6-1-2-7-18(17)26)19(22(30)23(27)31)21(29)12-4-3-5-15(8-12)28(32)33/h1-11,20,29H/b21-19+. The molecule has 166 valence electrons. The summed E-state index contributed by atoms with van der Waals surface area (Å²) in [6.45, 7) is 0. The quantitative estimate of drug-likeness (QED) is 0.168. The van der Waals surface area contributed by atoms with Gasteiger partial charge in [-0.2, -0.15) is 0 Å². The number of nitrogens with zero attached hydrogens (tertiary/aromatic N) is 2. The van der Waals surface area contributed by atoms with Crippen LogP contribution in [0.1, 0.15) is 17.2 Å². The van der Waals surface area contributed by atoms with Gasteiger partial charge >= 0.3 is 0 Å². The summed E-state index contributed by atoms with van der Waals surface area (Å²) in [7, 11) is 0. The van der Waals surface area contributed by atoms with Crippen LogP contribution in [-0.2, 0) is 9.59 Å². The Morgan fingerprint density at radius 2 is 1.67 bits per heavy atom. The van der Waals surface area contributed by atoms with Crippen LogP contribution in [0.4, 0.5) is 15.8 Å². The summed E-state index contributed by atoms with van der Waals surface area (Å²) in [5, 5.41) is 22.5. The fourth-order valence-electron chi connectivity index (χ4n) is 3.69. The summed E-state index contributed by atoms with van der Waals surface area (Å²) >= 11 is 12.1. The van der Waals surface area contributed by atoms with Crippen molar-refractivity contribution in [2.75, 3.05) is 4.90 Å². The van der Waals surface area contributed by atoms with Crippen molar-refractivity contribution in [3.05, 3.63) is 109 Å². The lowest BCUT2D eigenvalue weighted by atomic mass is 9.94. The van der Waals surface area contributed by atoms with E-state index in [1.54, 1.807) is 0 Å². The molecule has 1 aliphatic rings. The van der Waals surface area contributed by atoms with Crippen molar-refractivity contribution in [2.24, 2.45) is 0 Å². The number of rotatable bonds is 4. The molecule has 0 aliphatic carbocycles. The second-order valence-electron chi connectivity index (χ2n) is 7.13. The van der Waals surface area contributed by atoms with Gasteiger partial charge in [-0.3, -0.25) is 24.6 Å². The van der Waals surface area contributed by atoms with E-state index in [1.165, 1.54) is 54.6 Å². The van der Waals surface area contributed by atoms with E-state index in [-0.39, 0.29) is 32.5 Å². The lowest BCUT2D eigenvalue weighted by Gasteiger charge is -2.26. The molecule has 0 bridgehead atoms. The molecular weight excluding hydrogens is 474 g/mol. The Hall–Kier alpha value is -3.75. The highest BCUT2D eigenvalue weighted by atomic mass is 35.5. The van der Waals surface area contributed by atoms with Gasteiger partial charge in [0, 0.05) is 39.0 Å². The number of nitro benzene ring substituents is 1. The smallest absolute Gasteiger partial charge is 0.300 e. The molecule has 1 aliphatic heterocycles. The number of hydrogen-bond donors (Lipinski definition) is 1. The number of benzene rings is 3. The maximum absolute atomic E-state index is 14.9. The summed E-state index contributed by atoms with van der Waals surface area (Å²) in [5.41, 5.74) is -0.799. The van der Waals surface area contributed by atoms with Crippen LogP contribution in [0.25, 0.3) is 5.76 Å². The van der Waals surface area contributed by atoms with Crippen LogP contribution in [0, 0.1) is 15.9 Å². The Labute approximate surface area is 196 Å². The molecule has 3 aromatic rings. The molecule has 1 amide bonds. The molecule has 1 atom stereocenters. The number of carbonyl (C=O) groups is 2. The molecule has 0 spiro atoms. The third-order valence-electron chi connectivity index (χ3n) is 5.10. The summed E-state index contributed by atoms with van der Waals surface area (Å²) in [4.78, 5) is 37.6. The van der Waals surface area contributed by atoms with Crippen molar-refractivity contribution < 1.29 is 24.0 Å². The topological polar surface area (TPSA) is 101 Å². The molecule has 1 fully saturated rings. The normalized spacial score (nSPS) is 17.4. The van der Waals surface area contributed by atoms with Gasteiger partial charge < -0.3 is 5.11 Å². The van der Waals surface area contributed by atoms with Gasteiger partial charge in [0.25, 0.3) is 17.4 Å². The minimum absolute atomic E-state index is 0.0696. The lowest BCUT2D eigenvalue weighted by Crippen LogP contribution is -2.29. The zero-order valence-corrected chi connectivity index (χ0v) is 18.0. The summed E-state index contributed by atoms with van der Waals surface area (Å²) < 4.78 is 14.9. The van der Waals surface area contributed by atoms with E-state index in [9.17, 15) is 29.2 Å². The molecule has 1 unspecified atom stereocenters. The lowest BCUT2D eigenvalue weighted by molar-refractivity contribution is -0.384. The third-order valence-corrected chi connectivity index (χ3v) is 5.54. The number of anilines is 1. The first-order valence-electron chi connectivity index (χ1n) is 9.45. The number of ketones is 1. The van der Waals surface area contributed by atoms with Gasteiger partial charge in [-0.25, -0.2) is 4.39 Å². The minimum Gasteiger partial charge on any atom is -0.507 e. The van der Waals surface area contributed by atoms with E-state index in [0.717, 1.165) is 17.0 Å². The second kappa shape index (κ2) is 8.65. The van der Waals surface area contributed by atoms with Crippen LogP contribution in [0.15, 0.2) is 72.3 Å². The van der Waals surface area contributed by atoms with Crippen LogP contribution < -0.4 is 4.90 Å². The van der Waals surface area contributed by atoms with Crippen LogP contribution in [-0.4, -0.2) is 21.7 Å². The van der Waals surface area contributed by atoms with Gasteiger partial charge in [0.1, 0.15) is 11.6 Å². The molecule has 0 radical (unpaired) electrons. The maximum Gasteiger partial charge on any atom is 0.300 e. The zero-order valence-electron chi connectivity index (χ0n) is 16.5. The van der Waals surface area contributed by atoms with E-state index < -0.39 is 39.8 Å². The Morgan fingerprint density at radius 3 is 2.30 bits per heavy atom. The molecule has 1 saturated heterocycles. The largest absolute Gasteiger partial charge is 0.507 e. The van der Waals surface area contributed by atoms with E-state index in [1.807, 2.05) is 0 Å². The van der Waals surface area contributed by atoms with Crippen molar-refractivity contribution in [3.63, 3.8) is 0 Å². The summed E-state index contributed by atoms with van der Waals surface area (Å²) in [6.07, 6.45) is 0. The number of hydrogen-bond acceptors (Lipinski definition) is 5. The third kappa shape index (κ3) is 4.06. The number of amides is 1. The Balaban J connectivity index is 2.00.